The van der Waals surface area contributed by atoms with E-state index in [0.717, 1.165) is 16.8 Å². The summed E-state index contributed by atoms with van der Waals surface area (Å²) in [5.74, 6) is 0. The molecule has 0 amide bonds. The number of nitrogens with zero attached hydrogens (tertiary/aromatic N) is 1. The molecule has 2 aromatic rings. The Kier molecular flexibility index (Phi) is 2.74. The highest BCUT2D eigenvalue weighted by molar-refractivity contribution is 6.35. The summed E-state index contributed by atoms with van der Waals surface area (Å²) in [4.78, 5) is 0. The molecule has 1 aliphatic rings. The quantitative estimate of drug-likeness (QED) is 0.729. The first-order chi connectivity index (χ1) is 8.80. The molecular weight excluding hydrogens is 258 g/mol. The summed E-state index contributed by atoms with van der Waals surface area (Å²) >= 11 is 6.26. The number of halogens is 1. The molecule has 1 aromatic heterocycles. The van der Waals surface area contributed by atoms with Crippen LogP contribution in [0.4, 0.5) is 0 Å². The molecular formula is C16H20ClNO. The fourth-order valence-corrected chi connectivity index (χ4v) is 3.62. The zero-order valence-electron chi connectivity index (χ0n) is 11.9. The van der Waals surface area contributed by atoms with Crippen LogP contribution in [-0.2, 0) is 4.74 Å². The van der Waals surface area contributed by atoms with Gasteiger partial charge in [0.25, 0.3) is 0 Å². The molecule has 2 nitrogen and oxygen atoms in total. The predicted octanol–water partition coefficient (Wildman–Crippen LogP) is 4.81. The molecule has 1 unspecified atom stereocenters. The molecule has 1 atom stereocenters. The molecule has 19 heavy (non-hydrogen) atoms. The minimum atomic E-state index is -0.169. The minimum absolute atomic E-state index is 0.0800. The molecule has 1 saturated heterocycles. The Morgan fingerprint density at radius 3 is 2.58 bits per heavy atom. The largest absolute Gasteiger partial charge is 0.367 e. The van der Waals surface area contributed by atoms with Crippen LogP contribution in [0.15, 0.2) is 30.5 Å². The Balaban J connectivity index is 2.13. The van der Waals surface area contributed by atoms with Gasteiger partial charge in [-0.1, -0.05) is 17.7 Å². The minimum Gasteiger partial charge on any atom is -0.367 e. The summed E-state index contributed by atoms with van der Waals surface area (Å²) in [5.41, 5.74) is 0.938. The van der Waals surface area contributed by atoms with Crippen LogP contribution in [0.25, 0.3) is 10.9 Å². The smallest absolute Gasteiger partial charge is 0.0841 e. The summed E-state index contributed by atoms with van der Waals surface area (Å²) in [6.07, 6.45) is 3.14. The van der Waals surface area contributed by atoms with Crippen molar-refractivity contribution in [2.75, 3.05) is 0 Å². The van der Waals surface area contributed by atoms with Crippen LogP contribution >= 0.6 is 11.6 Å². The van der Waals surface area contributed by atoms with Crippen molar-refractivity contribution in [1.29, 1.82) is 0 Å². The molecule has 3 rings (SSSR count). The summed E-state index contributed by atoms with van der Waals surface area (Å²) in [6.45, 7) is 8.66. The van der Waals surface area contributed by atoms with Crippen molar-refractivity contribution < 1.29 is 4.74 Å². The number of rotatable bonds is 1. The zero-order valence-corrected chi connectivity index (χ0v) is 12.7. The van der Waals surface area contributed by atoms with Crippen LogP contribution in [0.1, 0.15) is 40.2 Å². The maximum absolute atomic E-state index is 6.26. The highest BCUT2D eigenvalue weighted by Gasteiger charge is 2.46. The number of benzene rings is 1. The average Bonchev–Trinajstić information content (AvgIpc) is 2.77. The molecule has 0 saturated carbocycles. The van der Waals surface area contributed by atoms with Crippen LogP contribution in [0.2, 0.25) is 5.02 Å². The van der Waals surface area contributed by atoms with Crippen LogP contribution in [0.5, 0.6) is 0 Å². The molecule has 0 N–H and O–H groups in total. The Bertz CT molecular complexity index is 627. The fourth-order valence-electron chi connectivity index (χ4n) is 3.39. The van der Waals surface area contributed by atoms with Crippen LogP contribution in [0, 0.1) is 0 Å². The first-order valence-corrected chi connectivity index (χ1v) is 7.13. The Morgan fingerprint density at radius 1 is 1.21 bits per heavy atom. The lowest BCUT2D eigenvalue weighted by molar-refractivity contribution is -0.0726. The van der Waals surface area contributed by atoms with Crippen LogP contribution < -0.4 is 0 Å². The summed E-state index contributed by atoms with van der Waals surface area (Å²) in [7, 11) is 0. The molecule has 1 aromatic carbocycles. The number of aromatic nitrogens is 1. The summed E-state index contributed by atoms with van der Waals surface area (Å²) in [6, 6.07) is 8.50. The SMILES string of the molecule is CC1(C)CC(n2ccc3c(Cl)cccc32)C(C)(C)O1. The Hall–Kier alpha value is -0.990. The first kappa shape index (κ1) is 13.0. The lowest BCUT2D eigenvalue weighted by atomic mass is 9.94. The summed E-state index contributed by atoms with van der Waals surface area (Å²) < 4.78 is 8.51. The zero-order chi connectivity index (χ0) is 13.8. The predicted molar refractivity (Wildman–Crippen MR) is 79.8 cm³/mol. The normalized spacial score (nSPS) is 25.0. The van der Waals surface area contributed by atoms with Crippen molar-refractivity contribution in [2.45, 2.75) is 51.4 Å². The fraction of sp³-hybridized carbons (Fsp3) is 0.500. The van der Waals surface area contributed by atoms with E-state index in [9.17, 15) is 0 Å². The molecule has 1 aliphatic heterocycles. The van der Waals surface area contributed by atoms with Gasteiger partial charge in [0.15, 0.2) is 0 Å². The van der Waals surface area contributed by atoms with Gasteiger partial charge in [-0.3, -0.25) is 0 Å². The Morgan fingerprint density at radius 2 is 1.95 bits per heavy atom. The molecule has 102 valence electrons. The van der Waals surface area contributed by atoms with Crippen molar-refractivity contribution in [3.05, 3.63) is 35.5 Å². The van der Waals surface area contributed by atoms with Gasteiger partial charge in [0.05, 0.1) is 17.2 Å². The van der Waals surface area contributed by atoms with E-state index < -0.39 is 0 Å². The first-order valence-electron chi connectivity index (χ1n) is 6.75. The molecule has 0 radical (unpaired) electrons. The van der Waals surface area contributed by atoms with Gasteiger partial charge in [0, 0.05) is 22.1 Å². The molecule has 0 spiro atoms. The van der Waals surface area contributed by atoms with E-state index in [1.165, 1.54) is 5.52 Å². The van der Waals surface area contributed by atoms with Crippen molar-refractivity contribution in [2.24, 2.45) is 0 Å². The van der Waals surface area contributed by atoms with Crippen molar-refractivity contribution in [1.82, 2.24) is 4.57 Å². The lowest BCUT2D eigenvalue weighted by Crippen LogP contribution is -2.30. The van der Waals surface area contributed by atoms with E-state index in [1.54, 1.807) is 0 Å². The molecule has 3 heteroatoms. The van der Waals surface area contributed by atoms with Crippen molar-refractivity contribution >= 4 is 22.5 Å². The van der Waals surface area contributed by atoms with Crippen LogP contribution in [0.3, 0.4) is 0 Å². The maximum atomic E-state index is 6.26. The number of ether oxygens (including phenoxy) is 1. The third-order valence-corrected chi connectivity index (χ3v) is 4.40. The van der Waals surface area contributed by atoms with E-state index in [4.69, 9.17) is 16.3 Å². The number of fused-ring (bicyclic) bond motifs is 1. The summed E-state index contributed by atoms with van der Waals surface area (Å²) in [5, 5.41) is 1.93. The monoisotopic (exact) mass is 277 g/mol. The van der Waals surface area contributed by atoms with E-state index in [-0.39, 0.29) is 11.2 Å². The molecule has 2 heterocycles. The topological polar surface area (TPSA) is 14.2 Å². The van der Waals surface area contributed by atoms with Gasteiger partial charge in [-0.25, -0.2) is 0 Å². The molecule has 1 fully saturated rings. The number of hydrogen-bond donors (Lipinski definition) is 0. The van der Waals surface area contributed by atoms with Crippen LogP contribution in [-0.4, -0.2) is 15.8 Å². The Labute approximate surface area is 119 Å². The van der Waals surface area contributed by atoms with Gasteiger partial charge in [-0.05, 0) is 52.3 Å². The standard InChI is InChI=1S/C16H20ClNO/c1-15(2)10-14(16(3,4)19-15)18-9-8-11-12(17)6-5-7-13(11)18/h5-9,14H,10H2,1-4H3. The van der Waals surface area contributed by atoms with Gasteiger partial charge < -0.3 is 9.30 Å². The van der Waals surface area contributed by atoms with E-state index >= 15 is 0 Å². The van der Waals surface area contributed by atoms with Gasteiger partial charge in [-0.15, -0.1) is 0 Å². The van der Waals surface area contributed by atoms with E-state index in [1.807, 2.05) is 12.1 Å². The van der Waals surface area contributed by atoms with Crippen molar-refractivity contribution in [3.8, 4) is 0 Å². The second-order valence-electron chi connectivity index (χ2n) is 6.58. The number of hydrogen-bond acceptors (Lipinski definition) is 1. The van der Waals surface area contributed by atoms with Gasteiger partial charge in [-0.2, -0.15) is 0 Å². The van der Waals surface area contributed by atoms with E-state index in [2.05, 4.69) is 50.6 Å². The second-order valence-corrected chi connectivity index (χ2v) is 6.99. The average molecular weight is 278 g/mol. The van der Waals surface area contributed by atoms with Crippen molar-refractivity contribution in [3.63, 3.8) is 0 Å². The van der Waals surface area contributed by atoms with Gasteiger partial charge in [0.2, 0.25) is 0 Å². The van der Waals surface area contributed by atoms with E-state index in [0.29, 0.717) is 6.04 Å². The lowest BCUT2D eigenvalue weighted by Gasteiger charge is -2.28. The highest BCUT2D eigenvalue weighted by Crippen LogP contribution is 2.46. The molecule has 0 aliphatic carbocycles. The third-order valence-electron chi connectivity index (χ3n) is 4.07. The van der Waals surface area contributed by atoms with Gasteiger partial charge in [0.1, 0.15) is 0 Å². The van der Waals surface area contributed by atoms with Gasteiger partial charge >= 0.3 is 0 Å². The third kappa shape index (κ3) is 2.07. The maximum Gasteiger partial charge on any atom is 0.0841 e. The second kappa shape index (κ2) is 4.00. The highest BCUT2D eigenvalue weighted by atomic mass is 35.5. The molecule has 0 bridgehead atoms.